The average molecular weight is 376 g/mol. The summed E-state index contributed by atoms with van der Waals surface area (Å²) in [6.07, 6.45) is 2.90. The number of anilines is 3. The van der Waals surface area contributed by atoms with Gasteiger partial charge in [-0.1, -0.05) is 24.3 Å². The summed E-state index contributed by atoms with van der Waals surface area (Å²) in [6.45, 7) is 4.01. The number of aryl methyl sites for hydroxylation is 2. The number of carbonyl (C=O) groups excluding carboxylic acids is 2. The third-order valence-electron chi connectivity index (χ3n) is 4.16. The fraction of sp³-hybridized carbons (Fsp3) is 0.143. The first-order chi connectivity index (χ1) is 13.5. The van der Waals surface area contributed by atoms with Gasteiger partial charge in [0.25, 0.3) is 5.91 Å². The molecule has 0 spiro atoms. The van der Waals surface area contributed by atoms with E-state index in [1.54, 1.807) is 18.2 Å². The van der Waals surface area contributed by atoms with Gasteiger partial charge in [-0.3, -0.25) is 4.79 Å². The Kier molecular flexibility index (Phi) is 5.64. The van der Waals surface area contributed by atoms with Crippen molar-refractivity contribution in [3.05, 3.63) is 77.2 Å². The number of esters is 1. The monoisotopic (exact) mass is 376 g/mol. The van der Waals surface area contributed by atoms with E-state index in [-0.39, 0.29) is 5.69 Å². The number of nitrogens with one attached hydrogen (secondary N) is 2. The molecule has 0 bridgehead atoms. The molecule has 1 aromatic heterocycles. The molecule has 3 aromatic rings. The van der Waals surface area contributed by atoms with Gasteiger partial charge in [0.1, 0.15) is 11.5 Å². The Balaban J connectivity index is 1.71. The Hall–Kier alpha value is -3.74. The van der Waals surface area contributed by atoms with Crippen molar-refractivity contribution in [1.29, 1.82) is 0 Å². The van der Waals surface area contributed by atoms with E-state index in [2.05, 4.69) is 25.3 Å². The second-order valence-electron chi connectivity index (χ2n) is 6.21. The highest BCUT2D eigenvalue weighted by molar-refractivity contribution is 6.03. The van der Waals surface area contributed by atoms with E-state index < -0.39 is 11.9 Å². The van der Waals surface area contributed by atoms with Gasteiger partial charge < -0.3 is 15.4 Å². The van der Waals surface area contributed by atoms with Crippen molar-refractivity contribution >= 4 is 29.1 Å². The quantitative estimate of drug-likeness (QED) is 0.657. The lowest BCUT2D eigenvalue weighted by molar-refractivity contribution is 0.0600. The van der Waals surface area contributed by atoms with Gasteiger partial charge in [-0.05, 0) is 43.2 Å². The number of carbonyl (C=O) groups is 2. The van der Waals surface area contributed by atoms with E-state index in [0.717, 1.165) is 16.8 Å². The predicted octanol–water partition coefficient (Wildman–Crippen LogP) is 3.88. The zero-order valence-electron chi connectivity index (χ0n) is 15.8. The van der Waals surface area contributed by atoms with Gasteiger partial charge >= 0.3 is 5.97 Å². The molecule has 1 heterocycles. The maximum Gasteiger partial charge on any atom is 0.337 e. The topological polar surface area (TPSA) is 93.2 Å². The Morgan fingerprint density at radius 3 is 2.32 bits per heavy atom. The summed E-state index contributed by atoms with van der Waals surface area (Å²) in [5.41, 5.74) is 4.12. The first-order valence-electron chi connectivity index (χ1n) is 8.63. The molecular formula is C21H20N4O3. The van der Waals surface area contributed by atoms with Gasteiger partial charge in [0, 0.05) is 11.4 Å². The van der Waals surface area contributed by atoms with Crippen LogP contribution in [0.2, 0.25) is 0 Å². The average Bonchev–Trinajstić information content (AvgIpc) is 2.71. The smallest absolute Gasteiger partial charge is 0.337 e. The summed E-state index contributed by atoms with van der Waals surface area (Å²) in [7, 11) is 1.30. The number of benzene rings is 2. The van der Waals surface area contributed by atoms with Gasteiger partial charge in [0.05, 0.1) is 25.1 Å². The number of hydrogen-bond donors (Lipinski definition) is 2. The van der Waals surface area contributed by atoms with Crippen LogP contribution < -0.4 is 10.6 Å². The van der Waals surface area contributed by atoms with Crippen LogP contribution in [0.5, 0.6) is 0 Å². The number of aromatic nitrogens is 2. The lowest BCUT2D eigenvalue weighted by atomic mass is 10.1. The highest BCUT2D eigenvalue weighted by Crippen LogP contribution is 2.22. The molecule has 0 aliphatic carbocycles. The molecule has 1 amide bonds. The Morgan fingerprint density at radius 2 is 1.68 bits per heavy atom. The number of hydrogen-bond acceptors (Lipinski definition) is 6. The minimum Gasteiger partial charge on any atom is -0.465 e. The number of ether oxygens (including phenoxy) is 1. The van der Waals surface area contributed by atoms with Crippen LogP contribution in [0, 0.1) is 13.8 Å². The molecule has 7 nitrogen and oxygen atoms in total. The summed E-state index contributed by atoms with van der Waals surface area (Å²) >= 11 is 0. The highest BCUT2D eigenvalue weighted by atomic mass is 16.5. The molecule has 0 saturated carbocycles. The number of nitrogens with zero attached hydrogens (tertiary/aromatic N) is 2. The SMILES string of the molecule is COC(=O)c1cccc(NC(=O)c2cnc(Nc3c(C)cccc3C)cn2)c1. The van der Waals surface area contributed by atoms with Gasteiger partial charge in [-0.2, -0.15) is 0 Å². The molecule has 7 heteroatoms. The zero-order chi connectivity index (χ0) is 20.1. The van der Waals surface area contributed by atoms with Crippen molar-refractivity contribution in [3.63, 3.8) is 0 Å². The Labute approximate surface area is 162 Å². The Morgan fingerprint density at radius 1 is 0.964 bits per heavy atom. The lowest BCUT2D eigenvalue weighted by Gasteiger charge is -2.12. The molecule has 0 radical (unpaired) electrons. The molecule has 2 N–H and O–H groups in total. The van der Waals surface area contributed by atoms with E-state index in [1.807, 2.05) is 32.0 Å². The van der Waals surface area contributed by atoms with Crippen molar-refractivity contribution in [2.75, 3.05) is 17.7 Å². The van der Waals surface area contributed by atoms with Gasteiger partial charge in [0.15, 0.2) is 0 Å². The second-order valence-corrected chi connectivity index (χ2v) is 6.21. The van der Waals surface area contributed by atoms with Crippen LogP contribution in [0.25, 0.3) is 0 Å². The third-order valence-corrected chi connectivity index (χ3v) is 4.16. The fourth-order valence-corrected chi connectivity index (χ4v) is 2.69. The summed E-state index contributed by atoms with van der Waals surface area (Å²) < 4.78 is 4.68. The van der Waals surface area contributed by atoms with Crippen LogP contribution in [-0.4, -0.2) is 29.0 Å². The minimum atomic E-state index is -0.474. The van der Waals surface area contributed by atoms with Crippen LogP contribution in [0.1, 0.15) is 32.0 Å². The molecule has 0 saturated heterocycles. The molecule has 142 valence electrons. The van der Waals surface area contributed by atoms with E-state index >= 15 is 0 Å². The summed E-state index contributed by atoms with van der Waals surface area (Å²) in [5.74, 6) is -0.354. The van der Waals surface area contributed by atoms with E-state index in [1.165, 1.54) is 25.6 Å². The first kappa shape index (κ1) is 19.0. The minimum absolute atomic E-state index is 0.163. The summed E-state index contributed by atoms with van der Waals surface area (Å²) in [6, 6.07) is 12.5. The molecule has 0 atom stereocenters. The second kappa shape index (κ2) is 8.30. The van der Waals surface area contributed by atoms with E-state index in [4.69, 9.17) is 0 Å². The third kappa shape index (κ3) is 4.32. The van der Waals surface area contributed by atoms with Crippen molar-refractivity contribution in [3.8, 4) is 0 Å². The van der Waals surface area contributed by atoms with Crippen molar-refractivity contribution in [2.24, 2.45) is 0 Å². The van der Waals surface area contributed by atoms with Crippen molar-refractivity contribution < 1.29 is 14.3 Å². The number of rotatable bonds is 5. The van der Waals surface area contributed by atoms with Gasteiger partial charge in [-0.25, -0.2) is 14.8 Å². The largest absolute Gasteiger partial charge is 0.465 e. The summed E-state index contributed by atoms with van der Waals surface area (Å²) in [5, 5.41) is 5.92. The van der Waals surface area contributed by atoms with Crippen LogP contribution in [0.4, 0.5) is 17.2 Å². The molecule has 28 heavy (non-hydrogen) atoms. The molecule has 3 rings (SSSR count). The van der Waals surface area contributed by atoms with E-state index in [0.29, 0.717) is 17.1 Å². The van der Waals surface area contributed by atoms with Crippen LogP contribution in [0.15, 0.2) is 54.9 Å². The van der Waals surface area contributed by atoms with Crippen LogP contribution in [-0.2, 0) is 4.74 Å². The maximum atomic E-state index is 12.4. The molecule has 0 fully saturated rings. The predicted molar refractivity (Wildman–Crippen MR) is 107 cm³/mol. The molecule has 0 aliphatic heterocycles. The number of methoxy groups -OCH3 is 1. The normalized spacial score (nSPS) is 10.2. The number of para-hydroxylation sites is 1. The van der Waals surface area contributed by atoms with Crippen molar-refractivity contribution in [1.82, 2.24) is 9.97 Å². The molecule has 0 aliphatic rings. The fourth-order valence-electron chi connectivity index (χ4n) is 2.69. The van der Waals surface area contributed by atoms with Crippen LogP contribution in [0.3, 0.4) is 0 Å². The molecule has 2 aromatic carbocycles. The van der Waals surface area contributed by atoms with Gasteiger partial charge in [-0.15, -0.1) is 0 Å². The van der Waals surface area contributed by atoms with E-state index in [9.17, 15) is 9.59 Å². The zero-order valence-corrected chi connectivity index (χ0v) is 15.8. The molecular weight excluding hydrogens is 356 g/mol. The van der Waals surface area contributed by atoms with Crippen molar-refractivity contribution in [2.45, 2.75) is 13.8 Å². The lowest BCUT2D eigenvalue weighted by Crippen LogP contribution is -2.15. The first-order valence-corrected chi connectivity index (χ1v) is 8.63. The standard InChI is InChI=1S/C21H20N4O3/c1-13-6-4-7-14(2)19(13)25-18-12-22-17(11-23-18)20(26)24-16-9-5-8-15(10-16)21(27)28-3/h4-12H,1-3H3,(H,23,25)(H,24,26). The Bertz CT molecular complexity index is 996. The maximum absolute atomic E-state index is 12.4. The number of amides is 1. The summed E-state index contributed by atoms with van der Waals surface area (Å²) in [4.78, 5) is 32.4. The van der Waals surface area contributed by atoms with Gasteiger partial charge in [0.2, 0.25) is 0 Å². The molecule has 0 unspecified atom stereocenters. The van der Waals surface area contributed by atoms with Crippen LogP contribution >= 0.6 is 0 Å². The highest BCUT2D eigenvalue weighted by Gasteiger charge is 2.11.